The van der Waals surface area contributed by atoms with Gasteiger partial charge in [0.05, 0.1) is 30.6 Å². The number of nitrogens with zero attached hydrogens (tertiary/aromatic N) is 5. The predicted molar refractivity (Wildman–Crippen MR) is 105 cm³/mol. The van der Waals surface area contributed by atoms with Crippen LogP contribution in [0.2, 0.25) is 0 Å². The minimum absolute atomic E-state index is 0.0132. The van der Waals surface area contributed by atoms with Crippen LogP contribution in [0, 0.1) is 0 Å². The van der Waals surface area contributed by atoms with Crippen molar-refractivity contribution in [3.63, 3.8) is 0 Å². The van der Waals surface area contributed by atoms with Gasteiger partial charge in [-0.05, 0) is 18.6 Å². The highest BCUT2D eigenvalue weighted by Crippen LogP contribution is 2.35. The smallest absolute Gasteiger partial charge is 0.329 e. The molecular weight excluding hydrogens is 459 g/mol. The lowest BCUT2D eigenvalue weighted by molar-refractivity contribution is -0.137. The number of aromatic nitrogens is 3. The van der Waals surface area contributed by atoms with Crippen molar-refractivity contribution < 1.29 is 30.4 Å². The largest absolute Gasteiger partial charge is 0.416 e. The molecule has 2 aromatic heterocycles. The summed E-state index contributed by atoms with van der Waals surface area (Å²) < 4.78 is 90.6. The second kappa shape index (κ2) is 7.76. The summed E-state index contributed by atoms with van der Waals surface area (Å²) >= 11 is 0. The van der Waals surface area contributed by atoms with Gasteiger partial charge in [-0.2, -0.15) is 18.2 Å². The van der Waals surface area contributed by atoms with E-state index in [1.165, 1.54) is 15.3 Å². The Morgan fingerprint density at radius 2 is 1.88 bits per heavy atom. The summed E-state index contributed by atoms with van der Waals surface area (Å²) in [6, 6.07) is 3.10. The van der Waals surface area contributed by atoms with Gasteiger partial charge in [-0.15, -0.1) is 0 Å². The average molecular weight is 478 g/mol. The fraction of sp³-hybridized carbons (Fsp3) is 0.500. The first-order valence-electron chi connectivity index (χ1n) is 9.57. The van der Waals surface area contributed by atoms with Gasteiger partial charge in [0.15, 0.2) is 0 Å². The molecule has 2 aliphatic rings. The lowest BCUT2D eigenvalue weighted by Gasteiger charge is -2.38. The number of nitrogens with one attached hydrogen (secondary N) is 1. The van der Waals surface area contributed by atoms with E-state index in [-0.39, 0.29) is 36.6 Å². The molecule has 2 aromatic rings. The van der Waals surface area contributed by atoms with Crippen LogP contribution < -0.4 is 10.2 Å². The van der Waals surface area contributed by atoms with Crippen molar-refractivity contribution in [2.45, 2.75) is 24.4 Å². The summed E-state index contributed by atoms with van der Waals surface area (Å²) in [5.74, 6) is -3.27. The van der Waals surface area contributed by atoms with Gasteiger partial charge in [-0.3, -0.25) is 0 Å². The highest BCUT2D eigenvalue weighted by molar-refractivity contribution is 7.88. The van der Waals surface area contributed by atoms with E-state index in [1.54, 1.807) is 0 Å². The van der Waals surface area contributed by atoms with Gasteiger partial charge in [0.1, 0.15) is 11.6 Å². The van der Waals surface area contributed by atoms with Crippen molar-refractivity contribution >= 4 is 27.6 Å². The second-order valence-electron chi connectivity index (χ2n) is 7.85. The molecule has 32 heavy (non-hydrogen) atoms. The van der Waals surface area contributed by atoms with Gasteiger partial charge in [0, 0.05) is 31.3 Å². The molecule has 0 radical (unpaired) electrons. The zero-order valence-corrected chi connectivity index (χ0v) is 17.6. The summed E-state index contributed by atoms with van der Waals surface area (Å²) in [7, 11) is -3.41. The van der Waals surface area contributed by atoms with Gasteiger partial charge < -0.3 is 10.2 Å². The third kappa shape index (κ3) is 4.90. The molecule has 0 amide bonds. The molecule has 4 heterocycles. The van der Waals surface area contributed by atoms with Crippen LogP contribution in [0.4, 0.5) is 39.5 Å². The van der Waals surface area contributed by atoms with Crippen LogP contribution >= 0.6 is 0 Å². The molecule has 1 N–H and O–H groups in total. The molecule has 0 spiro atoms. The van der Waals surface area contributed by atoms with E-state index in [9.17, 15) is 30.4 Å². The Balaban J connectivity index is 1.64. The lowest BCUT2D eigenvalue weighted by Crippen LogP contribution is -2.57. The molecule has 2 aliphatic heterocycles. The third-order valence-electron chi connectivity index (χ3n) is 5.24. The van der Waals surface area contributed by atoms with Crippen LogP contribution in [0.25, 0.3) is 0 Å². The van der Waals surface area contributed by atoms with E-state index in [0.29, 0.717) is 12.1 Å². The molecule has 14 heteroatoms. The standard InChI is InChI=1S/C18H19F5N6O2S/c1-32(30,31)29-5-3-11(8-29)13-7-15(27-16(25-13)28-9-17(19,20)10-28)26-14-6-12(2-4-24-14)18(21,22)23/h2,4,6-7,11H,3,5,8-10H2,1H3,(H,24,25,26,27). The minimum atomic E-state index is -4.57. The Kier molecular flexibility index (Phi) is 5.48. The maximum absolute atomic E-state index is 13.4. The molecular formula is C18H19F5N6O2S. The number of alkyl halides is 5. The Morgan fingerprint density at radius 3 is 2.47 bits per heavy atom. The van der Waals surface area contributed by atoms with Gasteiger partial charge in [-0.1, -0.05) is 0 Å². The molecule has 4 rings (SSSR count). The first-order valence-corrected chi connectivity index (χ1v) is 11.4. The summed E-state index contributed by atoms with van der Waals surface area (Å²) in [4.78, 5) is 13.6. The number of hydrogen-bond acceptors (Lipinski definition) is 7. The van der Waals surface area contributed by atoms with Crippen LogP contribution in [0.3, 0.4) is 0 Å². The van der Waals surface area contributed by atoms with Crippen LogP contribution in [-0.2, 0) is 16.2 Å². The van der Waals surface area contributed by atoms with E-state index in [0.717, 1.165) is 24.6 Å². The molecule has 1 atom stereocenters. The lowest BCUT2D eigenvalue weighted by atomic mass is 10.0. The molecule has 0 saturated carbocycles. The van der Waals surface area contributed by atoms with E-state index in [1.807, 2.05) is 0 Å². The zero-order valence-electron chi connectivity index (χ0n) is 16.8. The number of pyridine rings is 1. The average Bonchev–Trinajstić information content (AvgIpc) is 3.16. The topological polar surface area (TPSA) is 91.3 Å². The summed E-state index contributed by atoms with van der Waals surface area (Å²) in [5, 5.41) is 2.68. The van der Waals surface area contributed by atoms with E-state index in [2.05, 4.69) is 20.3 Å². The number of rotatable bonds is 5. The second-order valence-corrected chi connectivity index (χ2v) is 9.83. The Bertz CT molecular complexity index is 1120. The van der Waals surface area contributed by atoms with Crippen LogP contribution in [0.15, 0.2) is 24.4 Å². The number of halogens is 5. The minimum Gasteiger partial charge on any atom is -0.329 e. The first-order chi connectivity index (χ1) is 14.8. The molecule has 2 saturated heterocycles. The Hall–Kier alpha value is -2.61. The van der Waals surface area contributed by atoms with Gasteiger partial charge in [0.25, 0.3) is 5.92 Å². The van der Waals surface area contributed by atoms with Crippen molar-refractivity contribution in [2.75, 3.05) is 42.7 Å². The summed E-state index contributed by atoms with van der Waals surface area (Å²) in [5.41, 5.74) is -0.502. The fourth-order valence-corrected chi connectivity index (χ4v) is 4.49. The van der Waals surface area contributed by atoms with Gasteiger partial charge in [0.2, 0.25) is 16.0 Å². The highest BCUT2D eigenvalue weighted by Gasteiger charge is 2.45. The molecule has 174 valence electrons. The van der Waals surface area contributed by atoms with Crippen LogP contribution in [0.1, 0.15) is 23.6 Å². The van der Waals surface area contributed by atoms with Crippen molar-refractivity contribution in [2.24, 2.45) is 0 Å². The summed E-state index contributed by atoms with van der Waals surface area (Å²) in [6.45, 7) is -0.731. The molecule has 2 fully saturated rings. The number of hydrogen-bond donors (Lipinski definition) is 1. The molecule has 0 bridgehead atoms. The highest BCUT2D eigenvalue weighted by atomic mass is 32.2. The first kappa shape index (κ1) is 22.6. The zero-order chi connectivity index (χ0) is 23.3. The van der Waals surface area contributed by atoms with E-state index < -0.39 is 40.8 Å². The van der Waals surface area contributed by atoms with Crippen LogP contribution in [0.5, 0.6) is 0 Å². The van der Waals surface area contributed by atoms with Crippen molar-refractivity contribution in [1.29, 1.82) is 0 Å². The third-order valence-corrected chi connectivity index (χ3v) is 6.51. The molecule has 1 unspecified atom stereocenters. The molecule has 8 nitrogen and oxygen atoms in total. The van der Waals surface area contributed by atoms with Gasteiger partial charge >= 0.3 is 6.18 Å². The Morgan fingerprint density at radius 1 is 1.16 bits per heavy atom. The maximum Gasteiger partial charge on any atom is 0.416 e. The number of anilines is 3. The SMILES string of the molecule is CS(=O)(=O)N1CCC(c2cc(Nc3cc(C(F)(F)F)ccn3)nc(N3CC(F)(F)C3)n2)C1. The van der Waals surface area contributed by atoms with Crippen molar-refractivity contribution in [3.05, 3.63) is 35.7 Å². The normalized spacial score (nSPS) is 21.4. The summed E-state index contributed by atoms with van der Waals surface area (Å²) in [6.07, 6.45) is -2.02. The Labute approximate surface area is 180 Å². The van der Waals surface area contributed by atoms with Crippen molar-refractivity contribution in [3.8, 4) is 0 Å². The van der Waals surface area contributed by atoms with E-state index in [4.69, 9.17) is 0 Å². The maximum atomic E-state index is 13.4. The predicted octanol–water partition coefficient (Wildman–Crippen LogP) is 2.84. The fourth-order valence-electron chi connectivity index (χ4n) is 3.60. The molecule has 0 aliphatic carbocycles. The quantitative estimate of drug-likeness (QED) is 0.661. The van der Waals surface area contributed by atoms with Gasteiger partial charge in [-0.25, -0.2) is 31.5 Å². The molecule has 0 aromatic carbocycles. The van der Waals surface area contributed by atoms with E-state index >= 15 is 0 Å². The number of sulfonamides is 1. The van der Waals surface area contributed by atoms with Crippen LogP contribution in [-0.4, -0.2) is 66.0 Å². The monoisotopic (exact) mass is 478 g/mol. The van der Waals surface area contributed by atoms with Crippen molar-refractivity contribution in [1.82, 2.24) is 19.3 Å².